The Balaban J connectivity index is 2.09. The molecule has 0 saturated heterocycles. The van der Waals surface area contributed by atoms with Gasteiger partial charge >= 0.3 is 0 Å². The third kappa shape index (κ3) is 2.20. The van der Waals surface area contributed by atoms with Crippen molar-refractivity contribution >= 4 is 43.1 Å². The summed E-state index contributed by atoms with van der Waals surface area (Å²) in [6.45, 7) is 0. The first-order valence-electron chi connectivity index (χ1n) is 8.92. The van der Waals surface area contributed by atoms with Gasteiger partial charge in [-0.1, -0.05) is 12.1 Å². The van der Waals surface area contributed by atoms with Crippen molar-refractivity contribution in [2.24, 2.45) is 9.98 Å². The van der Waals surface area contributed by atoms with Crippen LogP contribution in [0.3, 0.4) is 0 Å². The lowest BCUT2D eigenvalue weighted by atomic mass is 10.1. The van der Waals surface area contributed by atoms with Crippen LogP contribution in [-0.2, 0) is 0 Å². The molecule has 0 atom stereocenters. The van der Waals surface area contributed by atoms with Crippen molar-refractivity contribution in [1.29, 1.82) is 21.0 Å². The standard InChI is InChI=1S/C24H8N6/c25-9-13-1-3-15-17-7-18-16-4-2-14(10-26)6-20(16)24(30-12-28)22(18)8-21(17)23(29-11-27)19(15)5-13/h1-8H/b29-23-,30-24+. The summed E-state index contributed by atoms with van der Waals surface area (Å²) in [5.74, 6) is 0. The highest BCUT2D eigenvalue weighted by molar-refractivity contribution is 6.21. The summed E-state index contributed by atoms with van der Waals surface area (Å²) < 4.78 is 0. The predicted octanol–water partition coefficient (Wildman–Crippen LogP) is 3.68. The number of nitriles is 4. The normalized spacial score (nSPS) is 12.3. The molecule has 5 rings (SSSR count). The summed E-state index contributed by atoms with van der Waals surface area (Å²) in [6.07, 6.45) is 3.70. The van der Waals surface area contributed by atoms with Crippen LogP contribution in [0.4, 0.5) is 0 Å². The average Bonchev–Trinajstić information content (AvgIpc) is 3.24. The lowest BCUT2D eigenvalue weighted by Crippen LogP contribution is -2.00. The van der Waals surface area contributed by atoms with Crippen molar-refractivity contribution in [3.05, 3.63) is 70.4 Å². The fourth-order valence-electron chi connectivity index (χ4n) is 4.16. The highest BCUT2D eigenvalue weighted by atomic mass is 14.7. The van der Waals surface area contributed by atoms with E-state index in [4.69, 9.17) is 0 Å². The minimum atomic E-state index is 0.487. The smallest absolute Gasteiger partial charge is 0.192 e. The predicted molar refractivity (Wildman–Crippen MR) is 111 cm³/mol. The third-order valence-electron chi connectivity index (χ3n) is 5.38. The molecule has 0 heterocycles. The summed E-state index contributed by atoms with van der Waals surface area (Å²) in [5, 5.41) is 44.5. The van der Waals surface area contributed by atoms with Crippen LogP contribution >= 0.6 is 0 Å². The van der Waals surface area contributed by atoms with Gasteiger partial charge in [0, 0.05) is 21.5 Å². The molecule has 0 radical (unpaired) electrons. The molecule has 6 nitrogen and oxygen atoms in total. The number of benzene rings is 3. The largest absolute Gasteiger partial charge is 0.206 e. The van der Waals surface area contributed by atoms with E-state index in [0.717, 1.165) is 43.1 Å². The molecule has 6 heteroatoms. The van der Waals surface area contributed by atoms with Gasteiger partial charge in [0.05, 0.1) is 34.0 Å². The molecule has 0 bridgehead atoms. The van der Waals surface area contributed by atoms with Gasteiger partial charge in [0.25, 0.3) is 0 Å². The first-order valence-corrected chi connectivity index (χ1v) is 8.92. The average molecular weight is 380 g/mol. The van der Waals surface area contributed by atoms with Crippen molar-refractivity contribution in [2.45, 2.75) is 0 Å². The van der Waals surface area contributed by atoms with Crippen molar-refractivity contribution < 1.29 is 0 Å². The number of fused-ring (bicyclic) bond motifs is 6. The minimum absolute atomic E-state index is 0.487. The fraction of sp³-hybridized carbons (Fsp3) is 0. The molecule has 0 unspecified atom stereocenters. The van der Waals surface area contributed by atoms with Gasteiger partial charge in [-0.3, -0.25) is 0 Å². The molecule has 0 spiro atoms. The maximum absolute atomic E-state index is 9.26. The van der Waals surface area contributed by atoms with Gasteiger partial charge < -0.3 is 0 Å². The Hall–Kier alpha value is -5.04. The Morgan fingerprint density at radius 3 is 1.27 bits per heavy atom. The fourth-order valence-corrected chi connectivity index (χ4v) is 4.16. The van der Waals surface area contributed by atoms with Crippen molar-refractivity contribution in [1.82, 2.24) is 0 Å². The van der Waals surface area contributed by atoms with Crippen molar-refractivity contribution in [3.8, 4) is 24.5 Å². The third-order valence-corrected chi connectivity index (χ3v) is 5.38. The van der Waals surface area contributed by atoms with Gasteiger partial charge in [-0.15, -0.1) is 0 Å². The van der Waals surface area contributed by atoms with Crippen LogP contribution in [0.1, 0.15) is 11.1 Å². The summed E-state index contributed by atoms with van der Waals surface area (Å²) in [6, 6.07) is 18.8. The maximum Gasteiger partial charge on any atom is 0.206 e. The minimum Gasteiger partial charge on any atom is -0.192 e. The molecular formula is C24H8N6. The van der Waals surface area contributed by atoms with Crippen LogP contribution in [-0.4, -0.2) is 0 Å². The first kappa shape index (κ1) is 17.1. The zero-order valence-electron chi connectivity index (χ0n) is 15.3. The second kappa shape index (κ2) is 6.25. The van der Waals surface area contributed by atoms with Crippen molar-refractivity contribution in [2.75, 3.05) is 0 Å². The quantitative estimate of drug-likeness (QED) is 0.380. The van der Waals surface area contributed by atoms with Gasteiger partial charge in [0.1, 0.15) is 0 Å². The van der Waals surface area contributed by atoms with Crippen LogP contribution in [0.2, 0.25) is 0 Å². The molecule has 0 aliphatic rings. The highest BCUT2D eigenvalue weighted by Crippen LogP contribution is 2.32. The topological polar surface area (TPSA) is 120 Å². The second-order valence-electron chi connectivity index (χ2n) is 6.81. The van der Waals surface area contributed by atoms with E-state index in [-0.39, 0.29) is 0 Å². The highest BCUT2D eigenvalue weighted by Gasteiger charge is 2.15. The molecule has 0 aliphatic heterocycles. The van der Waals surface area contributed by atoms with E-state index < -0.39 is 0 Å². The summed E-state index contributed by atoms with van der Waals surface area (Å²) >= 11 is 0. The van der Waals surface area contributed by atoms with Gasteiger partial charge in [-0.25, -0.2) is 0 Å². The van der Waals surface area contributed by atoms with Crippen LogP contribution in [0.25, 0.3) is 43.1 Å². The molecule has 0 fully saturated rings. The Morgan fingerprint density at radius 2 is 0.867 bits per heavy atom. The van der Waals surface area contributed by atoms with Gasteiger partial charge in [-0.05, 0) is 57.9 Å². The van der Waals surface area contributed by atoms with Crippen LogP contribution < -0.4 is 10.7 Å². The van der Waals surface area contributed by atoms with E-state index in [0.29, 0.717) is 21.8 Å². The van der Waals surface area contributed by atoms with E-state index in [1.165, 1.54) is 0 Å². The molecular weight excluding hydrogens is 372 g/mol. The van der Waals surface area contributed by atoms with Gasteiger partial charge in [-0.2, -0.15) is 31.0 Å². The molecule has 5 aromatic rings. The van der Waals surface area contributed by atoms with E-state index in [1.807, 2.05) is 36.7 Å². The molecule has 30 heavy (non-hydrogen) atoms. The Labute approximate surface area is 169 Å². The molecule has 134 valence electrons. The number of hydrogen-bond donors (Lipinski definition) is 0. The number of nitrogens with zero attached hydrogens (tertiary/aromatic N) is 6. The molecule has 0 aliphatic carbocycles. The zero-order chi connectivity index (χ0) is 20.8. The Bertz CT molecular complexity index is 1700. The van der Waals surface area contributed by atoms with E-state index in [2.05, 4.69) is 22.1 Å². The molecule has 0 amide bonds. The van der Waals surface area contributed by atoms with Gasteiger partial charge in [0.15, 0.2) is 0 Å². The second-order valence-corrected chi connectivity index (χ2v) is 6.81. The molecule has 0 N–H and O–H groups in total. The Morgan fingerprint density at radius 1 is 0.467 bits per heavy atom. The van der Waals surface area contributed by atoms with E-state index >= 15 is 0 Å². The van der Waals surface area contributed by atoms with Crippen LogP contribution in [0.5, 0.6) is 0 Å². The molecule has 0 aromatic heterocycles. The number of hydrogen-bond acceptors (Lipinski definition) is 6. The maximum atomic E-state index is 9.26. The Kier molecular flexibility index (Phi) is 3.56. The monoisotopic (exact) mass is 380 g/mol. The summed E-state index contributed by atoms with van der Waals surface area (Å²) in [5.41, 5.74) is 0.974. The SMILES string of the molecule is N#C/N=c1/c2cc(C#N)ccc2c2cc3c(cc12)/c(=N/C#N)c1cc(C#N)ccc13. The lowest BCUT2D eigenvalue weighted by Gasteiger charge is -1.96. The molecule has 0 saturated carbocycles. The van der Waals surface area contributed by atoms with E-state index in [1.54, 1.807) is 24.3 Å². The molecule has 5 aromatic carbocycles. The van der Waals surface area contributed by atoms with Crippen LogP contribution in [0.15, 0.2) is 58.5 Å². The summed E-state index contributed by atoms with van der Waals surface area (Å²) in [4.78, 5) is 8.04. The lowest BCUT2D eigenvalue weighted by molar-refractivity contribution is 1.37. The van der Waals surface area contributed by atoms with E-state index in [9.17, 15) is 21.0 Å². The van der Waals surface area contributed by atoms with Gasteiger partial charge in [0.2, 0.25) is 12.4 Å². The van der Waals surface area contributed by atoms with Crippen LogP contribution in [0, 0.1) is 45.6 Å². The first-order chi connectivity index (χ1) is 14.7. The summed E-state index contributed by atoms with van der Waals surface area (Å²) in [7, 11) is 0. The van der Waals surface area contributed by atoms with Crippen molar-refractivity contribution in [3.63, 3.8) is 0 Å². The number of rotatable bonds is 0. The zero-order valence-corrected chi connectivity index (χ0v) is 15.3.